The molecule has 0 aliphatic rings. The third kappa shape index (κ3) is 7.57. The molecule has 0 aliphatic heterocycles. The third-order valence-electron chi connectivity index (χ3n) is 4.08. The molecule has 29 heavy (non-hydrogen) atoms. The highest BCUT2D eigenvalue weighted by Crippen LogP contribution is 2.21. The van der Waals surface area contributed by atoms with E-state index < -0.39 is 23.4 Å². The van der Waals surface area contributed by atoms with Gasteiger partial charge in [-0.15, -0.1) is 0 Å². The zero-order valence-electron chi connectivity index (χ0n) is 16.4. The number of hydrogen-bond acceptors (Lipinski definition) is 5. The number of carbonyl (C=O) groups excluding carboxylic acids is 2. The van der Waals surface area contributed by atoms with Crippen LogP contribution in [0.15, 0.2) is 60.7 Å². The molecule has 1 amide bonds. The molecule has 2 aromatic carbocycles. The summed E-state index contributed by atoms with van der Waals surface area (Å²) in [7, 11) is 0. The molecule has 0 aliphatic carbocycles. The SMILES string of the molecule is CC(C)C[C@@H](NC(=O)COC(=O)/C=C/c1cccc([N+](=O)[O-])c1)c1ccccc1. The van der Waals surface area contributed by atoms with Crippen LogP contribution in [0.3, 0.4) is 0 Å². The van der Waals surface area contributed by atoms with Gasteiger partial charge in [-0.3, -0.25) is 14.9 Å². The average molecular weight is 396 g/mol. The second-order valence-corrected chi connectivity index (χ2v) is 6.95. The van der Waals surface area contributed by atoms with Gasteiger partial charge >= 0.3 is 5.97 Å². The lowest BCUT2D eigenvalue weighted by atomic mass is 9.97. The lowest BCUT2D eigenvalue weighted by Crippen LogP contribution is -2.33. The zero-order chi connectivity index (χ0) is 21.2. The average Bonchev–Trinajstić information content (AvgIpc) is 2.70. The Kier molecular flexibility index (Phi) is 8.09. The summed E-state index contributed by atoms with van der Waals surface area (Å²) in [6.07, 6.45) is 3.30. The maximum atomic E-state index is 12.2. The van der Waals surface area contributed by atoms with Crippen LogP contribution in [-0.2, 0) is 14.3 Å². The molecule has 0 spiro atoms. The fourth-order valence-corrected chi connectivity index (χ4v) is 2.76. The maximum absolute atomic E-state index is 12.2. The Morgan fingerprint density at radius 3 is 2.52 bits per heavy atom. The van der Waals surface area contributed by atoms with Gasteiger partial charge in [0.25, 0.3) is 11.6 Å². The van der Waals surface area contributed by atoms with E-state index in [2.05, 4.69) is 19.2 Å². The van der Waals surface area contributed by atoms with E-state index in [0.717, 1.165) is 18.1 Å². The molecular weight excluding hydrogens is 372 g/mol. The van der Waals surface area contributed by atoms with Crippen LogP contribution in [0.5, 0.6) is 0 Å². The molecule has 0 fully saturated rings. The number of esters is 1. The molecular formula is C22H24N2O5. The van der Waals surface area contributed by atoms with Crippen LogP contribution < -0.4 is 5.32 Å². The first-order valence-electron chi connectivity index (χ1n) is 9.28. The summed E-state index contributed by atoms with van der Waals surface area (Å²) in [5, 5.41) is 13.7. The van der Waals surface area contributed by atoms with Crippen LogP contribution in [0, 0.1) is 16.0 Å². The van der Waals surface area contributed by atoms with Gasteiger partial charge in [-0.25, -0.2) is 4.79 Å². The predicted molar refractivity (Wildman–Crippen MR) is 110 cm³/mol. The fraction of sp³-hybridized carbons (Fsp3) is 0.273. The van der Waals surface area contributed by atoms with Crippen molar-refractivity contribution in [2.24, 2.45) is 5.92 Å². The molecule has 2 rings (SSSR count). The number of nitro groups is 1. The van der Waals surface area contributed by atoms with Gasteiger partial charge in [-0.2, -0.15) is 0 Å². The highest BCUT2D eigenvalue weighted by Gasteiger charge is 2.16. The minimum absolute atomic E-state index is 0.0722. The number of benzene rings is 2. The summed E-state index contributed by atoms with van der Waals surface area (Å²) < 4.78 is 4.97. The highest BCUT2D eigenvalue weighted by molar-refractivity contribution is 5.89. The summed E-state index contributed by atoms with van der Waals surface area (Å²) in [6, 6.07) is 15.3. The van der Waals surface area contributed by atoms with Crippen LogP contribution in [0.1, 0.15) is 37.4 Å². The van der Waals surface area contributed by atoms with E-state index in [-0.39, 0.29) is 11.7 Å². The number of nitro benzene ring substituents is 1. The lowest BCUT2D eigenvalue weighted by molar-refractivity contribution is -0.384. The first-order valence-corrected chi connectivity index (χ1v) is 9.28. The molecule has 0 aromatic heterocycles. The van der Waals surface area contributed by atoms with E-state index in [9.17, 15) is 19.7 Å². The third-order valence-corrected chi connectivity index (χ3v) is 4.08. The Hall–Kier alpha value is -3.48. The van der Waals surface area contributed by atoms with E-state index in [4.69, 9.17) is 4.74 Å². The molecule has 7 heteroatoms. The number of amides is 1. The minimum Gasteiger partial charge on any atom is -0.452 e. The number of carbonyl (C=O) groups is 2. The standard InChI is InChI=1S/C22H24N2O5/c1-16(2)13-20(18-8-4-3-5-9-18)23-21(25)15-29-22(26)12-11-17-7-6-10-19(14-17)24(27)28/h3-12,14,16,20H,13,15H2,1-2H3,(H,23,25)/b12-11+/t20-/m1/s1. The molecule has 0 heterocycles. The Morgan fingerprint density at radius 1 is 1.14 bits per heavy atom. The van der Waals surface area contributed by atoms with Gasteiger partial charge in [0.15, 0.2) is 6.61 Å². The summed E-state index contributed by atoms with van der Waals surface area (Å²) in [5.74, 6) is -0.718. The van der Waals surface area contributed by atoms with Crippen LogP contribution in [-0.4, -0.2) is 23.4 Å². The van der Waals surface area contributed by atoms with Crippen molar-refractivity contribution in [2.45, 2.75) is 26.3 Å². The second-order valence-electron chi connectivity index (χ2n) is 6.95. The van der Waals surface area contributed by atoms with Crippen molar-refractivity contribution in [2.75, 3.05) is 6.61 Å². The van der Waals surface area contributed by atoms with E-state index in [1.165, 1.54) is 24.3 Å². The van der Waals surface area contributed by atoms with Crippen molar-refractivity contribution >= 4 is 23.6 Å². The van der Waals surface area contributed by atoms with Gasteiger partial charge in [0.2, 0.25) is 0 Å². The summed E-state index contributed by atoms with van der Waals surface area (Å²) in [6.45, 7) is 3.74. The normalized spacial score (nSPS) is 12.0. The number of nitrogens with zero attached hydrogens (tertiary/aromatic N) is 1. The van der Waals surface area contributed by atoms with Gasteiger partial charge < -0.3 is 10.1 Å². The van der Waals surface area contributed by atoms with Crippen LogP contribution in [0.2, 0.25) is 0 Å². The molecule has 1 N–H and O–H groups in total. The van der Waals surface area contributed by atoms with E-state index in [0.29, 0.717) is 11.5 Å². The monoisotopic (exact) mass is 396 g/mol. The Morgan fingerprint density at radius 2 is 1.86 bits per heavy atom. The largest absolute Gasteiger partial charge is 0.452 e. The zero-order valence-corrected chi connectivity index (χ0v) is 16.4. The van der Waals surface area contributed by atoms with Gasteiger partial charge in [0.1, 0.15) is 0 Å². The second kappa shape index (κ2) is 10.8. The predicted octanol–water partition coefficient (Wildman–Crippen LogP) is 4.05. The summed E-state index contributed by atoms with van der Waals surface area (Å²) in [4.78, 5) is 34.3. The Bertz CT molecular complexity index is 878. The molecule has 0 saturated carbocycles. The van der Waals surface area contributed by atoms with Crippen molar-refractivity contribution in [3.63, 3.8) is 0 Å². The molecule has 0 bridgehead atoms. The van der Waals surface area contributed by atoms with Crippen molar-refractivity contribution in [3.05, 3.63) is 81.9 Å². The molecule has 0 radical (unpaired) electrons. The summed E-state index contributed by atoms with van der Waals surface area (Å²) in [5.41, 5.74) is 1.41. The van der Waals surface area contributed by atoms with E-state index >= 15 is 0 Å². The quantitative estimate of drug-likeness (QED) is 0.298. The summed E-state index contributed by atoms with van der Waals surface area (Å²) >= 11 is 0. The number of rotatable bonds is 9. The number of non-ortho nitro benzene ring substituents is 1. The fourth-order valence-electron chi connectivity index (χ4n) is 2.76. The minimum atomic E-state index is -0.702. The molecule has 0 unspecified atom stereocenters. The van der Waals surface area contributed by atoms with Gasteiger partial charge in [0, 0.05) is 18.2 Å². The molecule has 2 aromatic rings. The number of nitrogens with one attached hydrogen (secondary N) is 1. The molecule has 7 nitrogen and oxygen atoms in total. The van der Waals surface area contributed by atoms with Gasteiger partial charge in [0.05, 0.1) is 11.0 Å². The van der Waals surface area contributed by atoms with Gasteiger partial charge in [-0.1, -0.05) is 56.3 Å². The molecule has 152 valence electrons. The Labute approximate surface area is 169 Å². The van der Waals surface area contributed by atoms with Crippen molar-refractivity contribution in [1.29, 1.82) is 0 Å². The highest BCUT2D eigenvalue weighted by atomic mass is 16.6. The molecule has 0 saturated heterocycles. The van der Waals surface area contributed by atoms with Crippen LogP contribution >= 0.6 is 0 Å². The van der Waals surface area contributed by atoms with Crippen LogP contribution in [0.25, 0.3) is 6.08 Å². The van der Waals surface area contributed by atoms with E-state index in [1.54, 1.807) is 6.07 Å². The number of hydrogen-bond donors (Lipinski definition) is 1. The van der Waals surface area contributed by atoms with E-state index in [1.807, 2.05) is 30.3 Å². The Balaban J connectivity index is 1.89. The number of ether oxygens (including phenoxy) is 1. The topological polar surface area (TPSA) is 98.5 Å². The van der Waals surface area contributed by atoms with Crippen LogP contribution in [0.4, 0.5) is 5.69 Å². The van der Waals surface area contributed by atoms with Crippen molar-refractivity contribution in [1.82, 2.24) is 5.32 Å². The first kappa shape index (κ1) is 21.8. The molecule has 1 atom stereocenters. The van der Waals surface area contributed by atoms with Crippen molar-refractivity contribution < 1.29 is 19.2 Å². The van der Waals surface area contributed by atoms with Gasteiger partial charge in [-0.05, 0) is 29.5 Å². The first-order chi connectivity index (χ1) is 13.8. The lowest BCUT2D eigenvalue weighted by Gasteiger charge is -2.21. The maximum Gasteiger partial charge on any atom is 0.331 e. The smallest absolute Gasteiger partial charge is 0.331 e. The van der Waals surface area contributed by atoms with Crippen molar-refractivity contribution in [3.8, 4) is 0 Å².